The molecule has 1 aliphatic rings. The summed E-state index contributed by atoms with van der Waals surface area (Å²) in [5, 5.41) is 9.31. The minimum absolute atomic E-state index is 0.427. The maximum absolute atomic E-state index is 11.3. The summed E-state index contributed by atoms with van der Waals surface area (Å²) in [6.07, 6.45) is 0.889. The highest BCUT2D eigenvalue weighted by atomic mass is 16.5. The molecule has 1 unspecified atom stereocenters. The number of rotatable bonds is 7. The summed E-state index contributed by atoms with van der Waals surface area (Å²) in [6.45, 7) is 3.64. The van der Waals surface area contributed by atoms with Crippen LogP contribution >= 0.6 is 0 Å². The maximum Gasteiger partial charge on any atom is 0.322 e. The first-order valence-electron chi connectivity index (χ1n) is 9.03. The Morgan fingerprint density at radius 1 is 1.08 bits per heavy atom. The number of benzene rings is 2. The van der Waals surface area contributed by atoms with E-state index >= 15 is 0 Å². The lowest BCUT2D eigenvalue weighted by atomic mass is 10.1. The van der Waals surface area contributed by atoms with E-state index in [9.17, 15) is 9.90 Å². The van der Waals surface area contributed by atoms with Crippen molar-refractivity contribution in [2.75, 3.05) is 33.3 Å². The van der Waals surface area contributed by atoms with Crippen LogP contribution in [0.5, 0.6) is 5.75 Å². The molecule has 26 heavy (non-hydrogen) atoms. The molecule has 5 nitrogen and oxygen atoms in total. The molecule has 1 aliphatic heterocycles. The van der Waals surface area contributed by atoms with Gasteiger partial charge in [0.05, 0.1) is 6.61 Å². The molecular formula is C21H26N2O3. The van der Waals surface area contributed by atoms with Crippen LogP contribution in [0.1, 0.15) is 11.1 Å². The zero-order valence-corrected chi connectivity index (χ0v) is 15.2. The summed E-state index contributed by atoms with van der Waals surface area (Å²) in [5.41, 5.74) is 2.45. The fourth-order valence-electron chi connectivity index (χ4n) is 3.22. The minimum atomic E-state index is -0.751. The highest BCUT2D eigenvalue weighted by Crippen LogP contribution is 2.16. The number of piperazine rings is 1. The number of likely N-dealkylation sites (N-methyl/N-ethyl adjacent to an activating group) is 1. The molecule has 0 spiro atoms. The highest BCUT2D eigenvalue weighted by molar-refractivity contribution is 5.73. The first-order chi connectivity index (χ1) is 12.6. The molecule has 1 saturated heterocycles. The van der Waals surface area contributed by atoms with Crippen molar-refractivity contribution >= 4 is 5.97 Å². The first-order valence-corrected chi connectivity index (χ1v) is 9.03. The van der Waals surface area contributed by atoms with Gasteiger partial charge in [-0.3, -0.25) is 14.6 Å². The molecule has 2 aromatic carbocycles. The fourth-order valence-corrected chi connectivity index (χ4v) is 3.22. The van der Waals surface area contributed by atoms with Gasteiger partial charge in [0.25, 0.3) is 0 Å². The number of aliphatic carboxylic acids is 1. The van der Waals surface area contributed by atoms with Crippen molar-refractivity contribution < 1.29 is 14.6 Å². The van der Waals surface area contributed by atoms with Gasteiger partial charge >= 0.3 is 5.97 Å². The molecule has 1 heterocycles. The summed E-state index contributed by atoms with van der Waals surface area (Å²) in [6, 6.07) is 18.0. The SMILES string of the molecule is CN1CCN(Cc2ccc(OCCc3ccccc3)cc2)CC1C(=O)O. The standard InChI is InChI=1S/C21H26N2O3/c1-22-12-13-23(16-20(22)21(24)25)15-18-7-9-19(10-8-18)26-14-11-17-5-3-2-4-6-17/h2-10,20H,11-16H2,1H3,(H,24,25). The summed E-state index contributed by atoms with van der Waals surface area (Å²) >= 11 is 0. The number of hydrogen-bond donors (Lipinski definition) is 1. The molecule has 1 N–H and O–H groups in total. The summed E-state index contributed by atoms with van der Waals surface area (Å²) in [5.74, 6) is 0.117. The Kier molecular flexibility index (Phi) is 6.26. The average molecular weight is 354 g/mol. The van der Waals surface area contributed by atoms with E-state index in [4.69, 9.17) is 4.74 Å². The Morgan fingerprint density at radius 2 is 1.81 bits per heavy atom. The molecule has 0 saturated carbocycles. The smallest absolute Gasteiger partial charge is 0.322 e. The molecule has 0 aliphatic carbocycles. The zero-order chi connectivity index (χ0) is 18.4. The molecule has 138 valence electrons. The second kappa shape index (κ2) is 8.83. The Balaban J connectivity index is 1.47. The molecule has 1 atom stereocenters. The van der Waals surface area contributed by atoms with Gasteiger partial charge in [-0.1, -0.05) is 42.5 Å². The average Bonchev–Trinajstić information content (AvgIpc) is 2.65. The van der Waals surface area contributed by atoms with Crippen molar-refractivity contribution in [2.45, 2.75) is 19.0 Å². The van der Waals surface area contributed by atoms with E-state index in [2.05, 4.69) is 29.2 Å². The number of nitrogens with zero attached hydrogens (tertiary/aromatic N) is 2. The molecule has 0 radical (unpaired) electrons. The summed E-state index contributed by atoms with van der Waals surface area (Å²) in [7, 11) is 1.87. The Hall–Kier alpha value is -2.37. The zero-order valence-electron chi connectivity index (χ0n) is 15.2. The van der Waals surface area contributed by atoms with Crippen LogP contribution in [0.4, 0.5) is 0 Å². The predicted octanol–water partition coefficient (Wildman–Crippen LogP) is 2.51. The van der Waals surface area contributed by atoms with Crippen molar-refractivity contribution in [3.63, 3.8) is 0 Å². The van der Waals surface area contributed by atoms with Crippen molar-refractivity contribution in [3.05, 3.63) is 65.7 Å². The van der Waals surface area contributed by atoms with Gasteiger partial charge in [-0.05, 0) is 30.3 Å². The van der Waals surface area contributed by atoms with Gasteiger partial charge in [-0.25, -0.2) is 0 Å². The van der Waals surface area contributed by atoms with Crippen LogP contribution < -0.4 is 4.74 Å². The number of carboxylic acid groups (broad SMARTS) is 1. The topological polar surface area (TPSA) is 53.0 Å². The number of hydrogen-bond acceptors (Lipinski definition) is 4. The van der Waals surface area contributed by atoms with E-state index in [1.54, 1.807) is 0 Å². The lowest BCUT2D eigenvalue weighted by molar-refractivity contribution is -0.145. The van der Waals surface area contributed by atoms with Crippen LogP contribution in [0.2, 0.25) is 0 Å². The third kappa shape index (κ3) is 5.07. The van der Waals surface area contributed by atoms with Gasteiger partial charge in [0.15, 0.2) is 0 Å². The Bertz CT molecular complexity index is 703. The largest absolute Gasteiger partial charge is 0.493 e. The molecule has 5 heteroatoms. The van der Waals surface area contributed by atoms with Crippen LogP contribution in [0, 0.1) is 0 Å². The van der Waals surface area contributed by atoms with E-state index in [0.29, 0.717) is 13.2 Å². The molecule has 0 amide bonds. The van der Waals surface area contributed by atoms with Gasteiger partial charge in [-0.15, -0.1) is 0 Å². The molecule has 3 rings (SSSR count). The van der Waals surface area contributed by atoms with Gasteiger partial charge in [0.1, 0.15) is 11.8 Å². The van der Waals surface area contributed by atoms with Gasteiger partial charge in [0, 0.05) is 32.6 Å². The van der Waals surface area contributed by atoms with E-state index in [1.807, 2.05) is 42.3 Å². The summed E-state index contributed by atoms with van der Waals surface area (Å²) < 4.78 is 5.82. The lowest BCUT2D eigenvalue weighted by Crippen LogP contribution is -2.54. The second-order valence-electron chi connectivity index (χ2n) is 6.80. The van der Waals surface area contributed by atoms with Crippen LogP contribution in [-0.4, -0.2) is 60.2 Å². The van der Waals surface area contributed by atoms with Crippen molar-refractivity contribution in [1.29, 1.82) is 0 Å². The van der Waals surface area contributed by atoms with Crippen molar-refractivity contribution in [3.8, 4) is 5.75 Å². The van der Waals surface area contributed by atoms with E-state index in [0.717, 1.165) is 31.8 Å². The summed E-state index contributed by atoms with van der Waals surface area (Å²) in [4.78, 5) is 15.4. The number of carboxylic acids is 1. The molecule has 2 aromatic rings. The lowest BCUT2D eigenvalue weighted by Gasteiger charge is -2.37. The maximum atomic E-state index is 11.3. The van der Waals surface area contributed by atoms with Crippen LogP contribution in [-0.2, 0) is 17.8 Å². The Labute approximate surface area is 154 Å². The van der Waals surface area contributed by atoms with Crippen molar-refractivity contribution in [1.82, 2.24) is 9.80 Å². The normalized spacial score (nSPS) is 18.6. The molecule has 1 fully saturated rings. The number of ether oxygens (including phenoxy) is 1. The van der Waals surface area contributed by atoms with Crippen molar-refractivity contribution in [2.24, 2.45) is 0 Å². The molecule has 0 bridgehead atoms. The molecular weight excluding hydrogens is 328 g/mol. The van der Waals surface area contributed by atoms with E-state index in [-0.39, 0.29) is 0 Å². The monoisotopic (exact) mass is 354 g/mol. The molecule has 0 aromatic heterocycles. The third-order valence-electron chi connectivity index (χ3n) is 4.85. The number of carbonyl (C=O) groups is 1. The predicted molar refractivity (Wildman–Crippen MR) is 101 cm³/mol. The van der Waals surface area contributed by atoms with Gasteiger partial charge in [-0.2, -0.15) is 0 Å². The first kappa shape index (κ1) is 18.4. The Morgan fingerprint density at radius 3 is 2.50 bits per heavy atom. The van der Waals surface area contributed by atoms with Crippen LogP contribution in [0.3, 0.4) is 0 Å². The fraction of sp³-hybridized carbons (Fsp3) is 0.381. The van der Waals surface area contributed by atoms with E-state index in [1.165, 1.54) is 11.1 Å². The third-order valence-corrected chi connectivity index (χ3v) is 4.85. The highest BCUT2D eigenvalue weighted by Gasteiger charge is 2.29. The van der Waals surface area contributed by atoms with Crippen LogP contribution in [0.25, 0.3) is 0 Å². The second-order valence-corrected chi connectivity index (χ2v) is 6.80. The van der Waals surface area contributed by atoms with Gasteiger partial charge in [0.2, 0.25) is 0 Å². The minimum Gasteiger partial charge on any atom is -0.493 e. The quantitative estimate of drug-likeness (QED) is 0.828. The van der Waals surface area contributed by atoms with Gasteiger partial charge < -0.3 is 9.84 Å². The van der Waals surface area contributed by atoms with Crippen LogP contribution in [0.15, 0.2) is 54.6 Å². The van der Waals surface area contributed by atoms with E-state index < -0.39 is 12.0 Å².